The standard InChI is InChI=1S/C30H17N3O/c31-17-19-13-14-25(32-18-19)22-9-2-5-11-27(22)33-26-10-4-1-7-20(26)23-15-24-21-8-3-6-12-29(21)34-30(24)16-28(23)33/h1-16,18H. The fourth-order valence-electron chi connectivity index (χ4n) is 4.95. The quantitative estimate of drug-likeness (QED) is 0.281. The van der Waals surface area contributed by atoms with Gasteiger partial charge in [-0.3, -0.25) is 4.98 Å². The Labute approximate surface area is 194 Å². The molecule has 0 saturated heterocycles. The monoisotopic (exact) mass is 435 g/mol. The van der Waals surface area contributed by atoms with E-state index in [-0.39, 0.29) is 0 Å². The van der Waals surface area contributed by atoms with Gasteiger partial charge in [0.1, 0.15) is 17.2 Å². The van der Waals surface area contributed by atoms with Gasteiger partial charge in [-0.2, -0.15) is 5.26 Å². The molecule has 0 spiro atoms. The minimum absolute atomic E-state index is 0.547. The molecule has 0 amide bonds. The minimum Gasteiger partial charge on any atom is -0.456 e. The van der Waals surface area contributed by atoms with Crippen LogP contribution in [0.25, 0.3) is 60.7 Å². The maximum absolute atomic E-state index is 9.18. The maximum atomic E-state index is 9.18. The van der Waals surface area contributed by atoms with Crippen molar-refractivity contribution in [3.8, 4) is 23.0 Å². The lowest BCUT2D eigenvalue weighted by Crippen LogP contribution is -1.98. The van der Waals surface area contributed by atoms with Crippen molar-refractivity contribution in [1.29, 1.82) is 5.26 Å². The van der Waals surface area contributed by atoms with Crippen molar-refractivity contribution in [2.24, 2.45) is 0 Å². The van der Waals surface area contributed by atoms with Crippen molar-refractivity contribution in [3.63, 3.8) is 0 Å². The largest absolute Gasteiger partial charge is 0.456 e. The minimum atomic E-state index is 0.547. The van der Waals surface area contributed by atoms with E-state index >= 15 is 0 Å². The van der Waals surface area contributed by atoms with Crippen molar-refractivity contribution >= 4 is 43.7 Å². The van der Waals surface area contributed by atoms with Crippen LogP contribution < -0.4 is 0 Å². The molecule has 0 saturated carbocycles. The summed E-state index contributed by atoms with van der Waals surface area (Å²) in [5.41, 5.74) is 7.36. The molecule has 0 fully saturated rings. The molecule has 0 aliphatic rings. The molecule has 4 heteroatoms. The van der Waals surface area contributed by atoms with E-state index in [2.05, 4.69) is 70.2 Å². The Morgan fingerprint density at radius 1 is 0.676 bits per heavy atom. The van der Waals surface area contributed by atoms with Gasteiger partial charge in [0.2, 0.25) is 0 Å². The van der Waals surface area contributed by atoms with Gasteiger partial charge >= 0.3 is 0 Å². The van der Waals surface area contributed by atoms with E-state index in [0.29, 0.717) is 5.56 Å². The number of aromatic nitrogens is 2. The lowest BCUT2D eigenvalue weighted by atomic mass is 10.1. The van der Waals surface area contributed by atoms with Crippen molar-refractivity contribution in [1.82, 2.24) is 9.55 Å². The second-order valence-corrected chi connectivity index (χ2v) is 8.38. The van der Waals surface area contributed by atoms with Crippen LogP contribution in [-0.4, -0.2) is 9.55 Å². The molecule has 0 aliphatic carbocycles. The van der Waals surface area contributed by atoms with E-state index in [0.717, 1.165) is 49.9 Å². The molecule has 0 N–H and O–H groups in total. The van der Waals surface area contributed by atoms with Crippen molar-refractivity contribution in [3.05, 3.63) is 109 Å². The Hall–Kier alpha value is -4.88. The van der Waals surface area contributed by atoms with E-state index < -0.39 is 0 Å². The first-order valence-corrected chi connectivity index (χ1v) is 11.1. The normalized spacial score (nSPS) is 11.5. The average Bonchev–Trinajstić information content (AvgIpc) is 3.42. The number of nitriles is 1. The molecular formula is C30H17N3O. The lowest BCUT2D eigenvalue weighted by molar-refractivity contribution is 0.669. The van der Waals surface area contributed by atoms with Crippen LogP contribution in [0.1, 0.15) is 5.56 Å². The summed E-state index contributed by atoms with van der Waals surface area (Å²) in [6, 6.07) is 35.1. The van der Waals surface area contributed by atoms with Gasteiger partial charge in [0, 0.05) is 39.4 Å². The number of fused-ring (bicyclic) bond motifs is 6. The number of para-hydroxylation sites is 3. The molecule has 0 bridgehead atoms. The maximum Gasteiger partial charge on any atom is 0.137 e. The Morgan fingerprint density at radius 3 is 2.32 bits per heavy atom. The predicted molar refractivity (Wildman–Crippen MR) is 136 cm³/mol. The van der Waals surface area contributed by atoms with E-state index in [1.165, 1.54) is 10.8 Å². The number of nitrogens with zero attached hydrogens (tertiary/aromatic N) is 3. The van der Waals surface area contributed by atoms with Gasteiger partial charge in [0.25, 0.3) is 0 Å². The summed E-state index contributed by atoms with van der Waals surface area (Å²) in [5.74, 6) is 0. The van der Waals surface area contributed by atoms with Crippen molar-refractivity contribution in [2.75, 3.05) is 0 Å². The van der Waals surface area contributed by atoms with Crippen molar-refractivity contribution < 1.29 is 4.42 Å². The van der Waals surface area contributed by atoms with Gasteiger partial charge in [-0.1, -0.05) is 54.6 Å². The molecule has 0 unspecified atom stereocenters. The molecule has 7 rings (SSSR count). The summed E-state index contributed by atoms with van der Waals surface area (Å²) in [6.07, 6.45) is 1.62. The molecule has 0 aliphatic heterocycles. The molecule has 34 heavy (non-hydrogen) atoms. The lowest BCUT2D eigenvalue weighted by Gasteiger charge is -2.13. The Balaban J connectivity index is 1.59. The number of hydrogen-bond acceptors (Lipinski definition) is 3. The van der Waals surface area contributed by atoms with E-state index in [1.807, 2.05) is 42.5 Å². The highest BCUT2D eigenvalue weighted by atomic mass is 16.3. The van der Waals surface area contributed by atoms with E-state index in [4.69, 9.17) is 4.42 Å². The predicted octanol–water partition coefficient (Wildman–Crippen LogP) is 7.62. The van der Waals surface area contributed by atoms with Crippen molar-refractivity contribution in [2.45, 2.75) is 0 Å². The number of furan rings is 1. The first-order valence-electron chi connectivity index (χ1n) is 11.1. The molecule has 3 heterocycles. The molecule has 7 aromatic rings. The van der Waals surface area contributed by atoms with Gasteiger partial charge in [-0.15, -0.1) is 0 Å². The zero-order valence-corrected chi connectivity index (χ0v) is 18.1. The number of hydrogen-bond donors (Lipinski definition) is 0. The summed E-state index contributed by atoms with van der Waals surface area (Å²) in [7, 11) is 0. The highest BCUT2D eigenvalue weighted by molar-refractivity contribution is 6.17. The highest BCUT2D eigenvalue weighted by Crippen LogP contribution is 2.39. The topological polar surface area (TPSA) is 54.8 Å². The average molecular weight is 435 g/mol. The first kappa shape index (κ1) is 18.7. The van der Waals surface area contributed by atoms with Gasteiger partial charge in [0.15, 0.2) is 0 Å². The van der Waals surface area contributed by atoms with Crippen LogP contribution in [0.4, 0.5) is 0 Å². The molecule has 0 atom stereocenters. The molecule has 4 nitrogen and oxygen atoms in total. The highest BCUT2D eigenvalue weighted by Gasteiger charge is 2.18. The third-order valence-electron chi connectivity index (χ3n) is 6.48. The van der Waals surface area contributed by atoms with E-state index in [1.54, 1.807) is 6.20 Å². The van der Waals surface area contributed by atoms with Crippen LogP contribution >= 0.6 is 0 Å². The van der Waals surface area contributed by atoms with Gasteiger partial charge in [-0.05, 0) is 36.4 Å². The molecular weight excluding hydrogens is 418 g/mol. The summed E-state index contributed by atoms with van der Waals surface area (Å²) in [6.45, 7) is 0. The Kier molecular flexibility index (Phi) is 3.88. The third-order valence-corrected chi connectivity index (χ3v) is 6.48. The summed E-state index contributed by atoms with van der Waals surface area (Å²) >= 11 is 0. The van der Waals surface area contributed by atoms with Crippen LogP contribution in [0.15, 0.2) is 108 Å². The van der Waals surface area contributed by atoms with Crippen LogP contribution in [0.3, 0.4) is 0 Å². The molecule has 0 radical (unpaired) electrons. The van der Waals surface area contributed by atoms with Crippen LogP contribution in [0.2, 0.25) is 0 Å². The van der Waals surface area contributed by atoms with Gasteiger partial charge in [-0.25, -0.2) is 0 Å². The van der Waals surface area contributed by atoms with E-state index in [9.17, 15) is 5.26 Å². The molecule has 158 valence electrons. The number of pyridine rings is 1. The molecule has 4 aromatic carbocycles. The SMILES string of the molecule is N#Cc1ccc(-c2ccccc2-n2c3ccccc3c3cc4c(cc32)oc2ccccc24)nc1. The number of benzene rings is 4. The summed E-state index contributed by atoms with van der Waals surface area (Å²) < 4.78 is 8.52. The zero-order valence-electron chi connectivity index (χ0n) is 18.1. The Morgan fingerprint density at radius 2 is 1.47 bits per heavy atom. The smallest absolute Gasteiger partial charge is 0.137 e. The summed E-state index contributed by atoms with van der Waals surface area (Å²) in [5, 5.41) is 13.8. The number of rotatable bonds is 2. The second-order valence-electron chi connectivity index (χ2n) is 8.38. The van der Waals surface area contributed by atoms with Crippen LogP contribution in [0.5, 0.6) is 0 Å². The zero-order chi connectivity index (χ0) is 22.6. The van der Waals surface area contributed by atoms with Gasteiger partial charge in [0.05, 0.1) is 28.0 Å². The van der Waals surface area contributed by atoms with Crippen LogP contribution in [-0.2, 0) is 0 Å². The third kappa shape index (κ3) is 2.61. The van der Waals surface area contributed by atoms with Gasteiger partial charge < -0.3 is 8.98 Å². The van der Waals surface area contributed by atoms with Crippen LogP contribution in [0, 0.1) is 11.3 Å². The first-order chi connectivity index (χ1) is 16.8. The molecule has 3 aromatic heterocycles. The fraction of sp³-hybridized carbons (Fsp3) is 0. The summed E-state index contributed by atoms with van der Waals surface area (Å²) in [4.78, 5) is 4.57. The second kappa shape index (κ2) is 7.06. The Bertz CT molecular complexity index is 1920. The fourth-order valence-corrected chi connectivity index (χ4v) is 4.95.